The number of aromatic amines is 1. The van der Waals surface area contributed by atoms with E-state index in [1.165, 1.54) is 11.4 Å². The summed E-state index contributed by atoms with van der Waals surface area (Å²) >= 11 is 0.387. The summed E-state index contributed by atoms with van der Waals surface area (Å²) in [7, 11) is 1.38. The molecule has 2 aromatic rings. The maximum absolute atomic E-state index is 11.0. The van der Waals surface area contributed by atoms with E-state index in [-0.39, 0.29) is 5.97 Å². The molecule has 12 heavy (non-hydrogen) atoms. The molecule has 0 bridgehead atoms. The number of fused-ring (bicyclic) bond motifs is 1. The van der Waals surface area contributed by atoms with Crippen LogP contribution in [0.1, 0.15) is 10.5 Å². The second kappa shape index (κ2) is 2.81. The van der Waals surface area contributed by atoms with Gasteiger partial charge in [0.05, 0.1) is 0 Å². The van der Waals surface area contributed by atoms with E-state index in [1.54, 1.807) is 0 Å². The van der Waals surface area contributed by atoms with E-state index in [1.807, 2.05) is 12.1 Å². The van der Waals surface area contributed by atoms with Crippen LogP contribution in [0.5, 0.6) is 0 Å². The first-order chi connectivity index (χ1) is 5.81. The first-order valence-electron chi connectivity index (χ1n) is 3.46. The van der Waals surface area contributed by atoms with Crippen molar-refractivity contribution < 1.29 is 9.53 Å². The molecule has 2 heterocycles. The molecule has 2 rings (SSSR count). The second-order valence-corrected chi connectivity index (χ2v) is 4.36. The van der Waals surface area contributed by atoms with Gasteiger partial charge in [-0.05, 0) is 0 Å². The first-order valence-corrected chi connectivity index (χ1v) is 5.30. The fourth-order valence-electron chi connectivity index (χ4n) is 1.07. The van der Waals surface area contributed by atoms with Gasteiger partial charge in [0.25, 0.3) is 0 Å². The predicted molar refractivity (Wildman–Crippen MR) is 46.6 cm³/mol. The molecule has 1 N–H and O–H groups in total. The van der Waals surface area contributed by atoms with Crippen LogP contribution in [0.25, 0.3) is 9.78 Å². The van der Waals surface area contributed by atoms with E-state index >= 15 is 0 Å². The van der Waals surface area contributed by atoms with Crippen molar-refractivity contribution in [3.8, 4) is 0 Å². The van der Waals surface area contributed by atoms with E-state index in [4.69, 9.17) is 0 Å². The number of carbonyl (C=O) groups excluding carboxylic acids is 1. The number of rotatable bonds is 1. The molecule has 0 radical (unpaired) electrons. The van der Waals surface area contributed by atoms with Crippen molar-refractivity contribution in [3.05, 3.63) is 22.8 Å². The van der Waals surface area contributed by atoms with Crippen molar-refractivity contribution in [2.45, 2.75) is 0 Å². The molecule has 0 aliphatic carbocycles. The third-order valence-corrected chi connectivity index (χ3v) is 3.46. The molecule has 3 nitrogen and oxygen atoms in total. The van der Waals surface area contributed by atoms with Gasteiger partial charge in [-0.3, -0.25) is 0 Å². The molecule has 4 heteroatoms. The molecule has 0 aromatic carbocycles. The summed E-state index contributed by atoms with van der Waals surface area (Å²) in [6.07, 6.45) is 0. The number of ether oxygens (including phenoxy) is 1. The minimum atomic E-state index is -0.298. The van der Waals surface area contributed by atoms with Gasteiger partial charge in [0, 0.05) is 0 Å². The summed E-state index contributed by atoms with van der Waals surface area (Å²) in [4.78, 5) is 16.2. The van der Waals surface area contributed by atoms with Crippen molar-refractivity contribution in [2.75, 3.05) is 7.11 Å². The standard InChI is InChI=1S/C8H7NO2Se/c1-11-8(10)6-4-7-5(9-6)2-3-12-7/h2-4,9H,1H3. The Hall–Kier alpha value is -0.991. The molecule has 2 aromatic heterocycles. The number of hydrogen-bond donors (Lipinski definition) is 1. The Labute approximate surface area is 75.1 Å². The van der Waals surface area contributed by atoms with Gasteiger partial charge in [-0.15, -0.1) is 0 Å². The number of hydrogen-bond acceptors (Lipinski definition) is 2. The van der Waals surface area contributed by atoms with Gasteiger partial charge >= 0.3 is 74.6 Å². The quantitative estimate of drug-likeness (QED) is 0.584. The number of nitrogens with one attached hydrogen (secondary N) is 1. The molecule has 0 fully saturated rings. The SMILES string of the molecule is COC(=O)c1cc2[se]ccc2[nH]1. The number of carbonyl (C=O) groups is 1. The number of esters is 1. The van der Waals surface area contributed by atoms with Crippen molar-refractivity contribution >= 4 is 30.2 Å². The zero-order chi connectivity index (χ0) is 8.55. The molecular formula is C8H7NO2Se. The van der Waals surface area contributed by atoms with E-state index in [0.717, 1.165) is 5.52 Å². The predicted octanol–water partition coefficient (Wildman–Crippen LogP) is 1.01. The summed E-state index contributed by atoms with van der Waals surface area (Å²) < 4.78 is 5.81. The topological polar surface area (TPSA) is 42.1 Å². The van der Waals surface area contributed by atoms with Crippen molar-refractivity contribution in [1.29, 1.82) is 0 Å². The summed E-state index contributed by atoms with van der Waals surface area (Å²) in [6, 6.07) is 3.86. The van der Waals surface area contributed by atoms with E-state index in [0.29, 0.717) is 20.2 Å². The average molecular weight is 228 g/mol. The van der Waals surface area contributed by atoms with Gasteiger partial charge < -0.3 is 0 Å². The number of H-pyrrole nitrogens is 1. The van der Waals surface area contributed by atoms with Crippen LogP contribution in [0.4, 0.5) is 0 Å². The van der Waals surface area contributed by atoms with E-state index < -0.39 is 0 Å². The van der Waals surface area contributed by atoms with Gasteiger partial charge in [-0.2, -0.15) is 0 Å². The van der Waals surface area contributed by atoms with Crippen molar-refractivity contribution in [3.63, 3.8) is 0 Å². The van der Waals surface area contributed by atoms with Gasteiger partial charge in [0.1, 0.15) is 0 Å². The molecule has 0 spiro atoms. The molecule has 0 atom stereocenters. The van der Waals surface area contributed by atoms with Crippen LogP contribution >= 0.6 is 0 Å². The van der Waals surface area contributed by atoms with Crippen LogP contribution in [0.2, 0.25) is 0 Å². The first kappa shape index (κ1) is 7.65. The monoisotopic (exact) mass is 229 g/mol. The normalized spacial score (nSPS) is 10.4. The Morgan fingerprint density at radius 2 is 2.50 bits per heavy atom. The Kier molecular flexibility index (Phi) is 1.79. The van der Waals surface area contributed by atoms with Gasteiger partial charge in [-0.25, -0.2) is 0 Å². The summed E-state index contributed by atoms with van der Waals surface area (Å²) in [5, 5.41) is 0. The van der Waals surface area contributed by atoms with Crippen LogP contribution in [0, 0.1) is 0 Å². The van der Waals surface area contributed by atoms with E-state index in [9.17, 15) is 4.79 Å². The Morgan fingerprint density at radius 3 is 3.17 bits per heavy atom. The molecule has 0 saturated heterocycles. The summed E-state index contributed by atoms with van der Waals surface area (Å²) in [5.41, 5.74) is 1.60. The molecule has 0 aliphatic heterocycles. The van der Waals surface area contributed by atoms with Crippen LogP contribution < -0.4 is 0 Å². The van der Waals surface area contributed by atoms with Crippen LogP contribution in [-0.2, 0) is 4.74 Å². The van der Waals surface area contributed by atoms with Gasteiger partial charge in [0.2, 0.25) is 0 Å². The molecule has 62 valence electrons. The molecular weight excluding hydrogens is 221 g/mol. The third kappa shape index (κ3) is 1.09. The summed E-state index contributed by atoms with van der Waals surface area (Å²) in [5.74, 6) is -0.298. The van der Waals surface area contributed by atoms with Crippen molar-refractivity contribution in [1.82, 2.24) is 4.98 Å². The van der Waals surface area contributed by atoms with Crippen LogP contribution in [0.3, 0.4) is 0 Å². The van der Waals surface area contributed by atoms with Crippen LogP contribution in [-0.4, -0.2) is 32.6 Å². The van der Waals surface area contributed by atoms with Crippen molar-refractivity contribution in [2.24, 2.45) is 0 Å². The average Bonchev–Trinajstić information content (AvgIpc) is 2.60. The molecule has 0 saturated carbocycles. The Morgan fingerprint density at radius 1 is 1.67 bits per heavy atom. The zero-order valence-corrected chi connectivity index (χ0v) is 8.17. The third-order valence-electron chi connectivity index (χ3n) is 1.65. The number of methoxy groups -OCH3 is 1. The maximum atomic E-state index is 11.0. The fourth-order valence-corrected chi connectivity index (χ4v) is 2.71. The summed E-state index contributed by atoms with van der Waals surface area (Å²) in [6.45, 7) is 0. The van der Waals surface area contributed by atoms with Gasteiger partial charge in [0.15, 0.2) is 0 Å². The van der Waals surface area contributed by atoms with Gasteiger partial charge in [-0.1, -0.05) is 0 Å². The van der Waals surface area contributed by atoms with Crippen LogP contribution in [0.15, 0.2) is 17.1 Å². The Bertz CT molecular complexity index is 387. The van der Waals surface area contributed by atoms with E-state index in [2.05, 4.69) is 14.7 Å². The number of aromatic nitrogens is 1. The minimum absolute atomic E-state index is 0.298. The zero-order valence-electron chi connectivity index (χ0n) is 6.46. The molecule has 0 aliphatic rings. The molecule has 0 amide bonds. The fraction of sp³-hybridized carbons (Fsp3) is 0.125. The second-order valence-electron chi connectivity index (χ2n) is 2.37. The molecule has 0 unspecified atom stereocenters. The Balaban J connectivity index is 2.51.